The van der Waals surface area contributed by atoms with Crippen LogP contribution in [0.2, 0.25) is 0 Å². The van der Waals surface area contributed by atoms with Gasteiger partial charge in [0.25, 0.3) is 0 Å². The molecular weight excluding hydrogens is 432 g/mol. The van der Waals surface area contributed by atoms with E-state index in [1.54, 1.807) is 25.1 Å². The smallest absolute Gasteiger partial charge is 0.407 e. The maximum Gasteiger partial charge on any atom is 0.407 e. The van der Waals surface area contributed by atoms with Crippen molar-refractivity contribution in [2.24, 2.45) is 0 Å². The second-order valence-electron chi connectivity index (χ2n) is 8.15. The van der Waals surface area contributed by atoms with Crippen LogP contribution in [-0.2, 0) is 9.53 Å². The lowest BCUT2D eigenvalue weighted by atomic mass is 9.98. The van der Waals surface area contributed by atoms with Crippen LogP contribution in [0.4, 0.5) is 10.5 Å². The molecule has 1 aliphatic carbocycles. The van der Waals surface area contributed by atoms with Crippen molar-refractivity contribution in [2.45, 2.75) is 25.3 Å². The van der Waals surface area contributed by atoms with Crippen molar-refractivity contribution in [3.05, 3.63) is 89.5 Å². The number of carboxylic acids is 1. The van der Waals surface area contributed by atoms with Crippen molar-refractivity contribution in [2.75, 3.05) is 18.6 Å². The number of aromatic carboxylic acids is 1. The highest BCUT2D eigenvalue weighted by Gasteiger charge is 2.30. The Morgan fingerprint density at radius 1 is 0.941 bits per heavy atom. The van der Waals surface area contributed by atoms with Gasteiger partial charge in [-0.15, -0.1) is 0 Å². The molecule has 0 saturated heterocycles. The van der Waals surface area contributed by atoms with Crippen molar-refractivity contribution in [1.82, 2.24) is 5.32 Å². The lowest BCUT2D eigenvalue weighted by Gasteiger charge is -2.25. The van der Waals surface area contributed by atoms with E-state index in [0.717, 1.165) is 22.3 Å². The third-order valence-corrected chi connectivity index (χ3v) is 6.17. The van der Waals surface area contributed by atoms with E-state index in [0.29, 0.717) is 6.42 Å². The van der Waals surface area contributed by atoms with Crippen molar-refractivity contribution >= 4 is 23.7 Å². The summed E-state index contributed by atoms with van der Waals surface area (Å²) in [6, 6.07) is 21.5. The summed E-state index contributed by atoms with van der Waals surface area (Å²) >= 11 is 0. The standard InChI is InChI=1S/C27H26N2O5/c1-3-23(25(30)29(2)24-15-9-8-14-21(24)26(31)32)28-27(33)34-16-22-19-12-6-4-10-17(19)18-11-5-7-13-20(18)22/h4-15,22-23H,3,16H2,1-2H3,(H,28,33)(H,31,32)/t23-/m0/s1. The van der Waals surface area contributed by atoms with Gasteiger partial charge in [0.1, 0.15) is 12.6 Å². The summed E-state index contributed by atoms with van der Waals surface area (Å²) in [7, 11) is 1.49. The fourth-order valence-corrected chi connectivity index (χ4v) is 4.42. The molecule has 0 spiro atoms. The Hall–Kier alpha value is -4.13. The van der Waals surface area contributed by atoms with Gasteiger partial charge in [-0.1, -0.05) is 67.6 Å². The summed E-state index contributed by atoms with van der Waals surface area (Å²) in [5.41, 5.74) is 4.73. The molecule has 4 rings (SSSR count). The van der Waals surface area contributed by atoms with Crippen molar-refractivity contribution in [3.63, 3.8) is 0 Å². The predicted octanol–water partition coefficient (Wildman–Crippen LogP) is 4.66. The van der Waals surface area contributed by atoms with E-state index in [4.69, 9.17) is 4.74 Å². The molecule has 2 amide bonds. The molecule has 1 atom stereocenters. The minimum Gasteiger partial charge on any atom is -0.478 e. The molecule has 0 unspecified atom stereocenters. The number of rotatable bonds is 7. The van der Waals surface area contributed by atoms with Gasteiger partial charge in [-0.2, -0.15) is 0 Å². The number of ether oxygens (including phenoxy) is 1. The second kappa shape index (κ2) is 9.79. The molecule has 0 saturated carbocycles. The van der Waals surface area contributed by atoms with Crippen molar-refractivity contribution < 1.29 is 24.2 Å². The van der Waals surface area contributed by atoms with E-state index >= 15 is 0 Å². The number of carbonyl (C=O) groups excluding carboxylic acids is 2. The van der Waals surface area contributed by atoms with Gasteiger partial charge in [-0.05, 0) is 40.8 Å². The Bertz CT molecular complexity index is 1190. The maximum atomic E-state index is 13.0. The molecule has 7 nitrogen and oxygen atoms in total. The van der Waals surface area contributed by atoms with Crippen LogP contribution in [0.5, 0.6) is 0 Å². The van der Waals surface area contributed by atoms with Gasteiger partial charge in [-0.25, -0.2) is 9.59 Å². The third-order valence-electron chi connectivity index (χ3n) is 6.17. The molecule has 3 aromatic carbocycles. The normalized spacial score (nSPS) is 12.9. The van der Waals surface area contributed by atoms with Crippen LogP contribution in [-0.4, -0.2) is 42.8 Å². The highest BCUT2D eigenvalue weighted by molar-refractivity contribution is 6.04. The number of nitrogens with one attached hydrogen (secondary N) is 1. The second-order valence-corrected chi connectivity index (χ2v) is 8.15. The summed E-state index contributed by atoms with van der Waals surface area (Å²) in [4.78, 5) is 38.4. The number of carbonyl (C=O) groups is 3. The lowest BCUT2D eigenvalue weighted by Crippen LogP contribution is -2.47. The number of likely N-dealkylation sites (N-methyl/N-ethyl adjacent to an activating group) is 1. The fraction of sp³-hybridized carbons (Fsp3) is 0.222. The van der Waals surface area contributed by atoms with Crippen LogP contribution in [0.25, 0.3) is 11.1 Å². The van der Waals surface area contributed by atoms with E-state index in [9.17, 15) is 19.5 Å². The van der Waals surface area contributed by atoms with Crippen LogP contribution in [0.15, 0.2) is 72.8 Å². The first kappa shape index (κ1) is 23.0. The average molecular weight is 459 g/mol. The highest BCUT2D eigenvalue weighted by Crippen LogP contribution is 2.44. The molecule has 2 N–H and O–H groups in total. The van der Waals surface area contributed by atoms with Crippen molar-refractivity contribution in [1.29, 1.82) is 0 Å². The first-order chi connectivity index (χ1) is 16.4. The number of hydrogen-bond acceptors (Lipinski definition) is 4. The van der Waals surface area contributed by atoms with Crippen molar-refractivity contribution in [3.8, 4) is 11.1 Å². The Morgan fingerprint density at radius 3 is 2.09 bits per heavy atom. The molecule has 3 aromatic rings. The van der Waals surface area contributed by atoms with Gasteiger partial charge in [0.2, 0.25) is 5.91 Å². The Morgan fingerprint density at radius 2 is 1.50 bits per heavy atom. The SMILES string of the molecule is CC[C@H](NC(=O)OCC1c2ccccc2-c2ccccc21)C(=O)N(C)c1ccccc1C(=O)O. The van der Waals surface area contributed by atoms with E-state index in [1.807, 2.05) is 36.4 Å². The molecular formula is C27H26N2O5. The number of fused-ring (bicyclic) bond motifs is 3. The van der Waals surface area contributed by atoms with E-state index in [-0.39, 0.29) is 23.8 Å². The summed E-state index contributed by atoms with van der Waals surface area (Å²) in [5.74, 6) is -1.64. The number of benzene rings is 3. The van der Waals surface area contributed by atoms with Gasteiger partial charge in [0.05, 0.1) is 11.3 Å². The summed E-state index contributed by atoms with van der Waals surface area (Å²) < 4.78 is 5.55. The van der Waals surface area contributed by atoms with Crippen LogP contribution in [0.1, 0.15) is 40.7 Å². The number of carboxylic acid groups (broad SMARTS) is 1. The summed E-state index contributed by atoms with van der Waals surface area (Å²) in [6.07, 6.45) is -0.371. The first-order valence-electron chi connectivity index (χ1n) is 11.1. The van der Waals surface area contributed by atoms with E-state index < -0.39 is 24.0 Å². The minimum absolute atomic E-state index is 0.00865. The number of para-hydroxylation sites is 1. The molecule has 174 valence electrons. The number of anilines is 1. The molecule has 0 radical (unpaired) electrons. The van der Waals surface area contributed by atoms with Gasteiger partial charge in [0, 0.05) is 13.0 Å². The zero-order valence-corrected chi connectivity index (χ0v) is 19.0. The zero-order chi connectivity index (χ0) is 24.2. The Labute approximate surface area is 198 Å². The molecule has 34 heavy (non-hydrogen) atoms. The fourth-order valence-electron chi connectivity index (χ4n) is 4.42. The molecule has 0 heterocycles. The van der Waals surface area contributed by atoms with Crippen LogP contribution in [0.3, 0.4) is 0 Å². The number of nitrogens with zero attached hydrogens (tertiary/aromatic N) is 1. The molecule has 0 aliphatic heterocycles. The average Bonchev–Trinajstić information content (AvgIpc) is 3.18. The largest absolute Gasteiger partial charge is 0.478 e. The lowest BCUT2D eigenvalue weighted by molar-refractivity contribution is -0.120. The summed E-state index contributed by atoms with van der Waals surface area (Å²) in [6.45, 7) is 1.91. The predicted molar refractivity (Wildman–Crippen MR) is 129 cm³/mol. The molecule has 1 aliphatic rings. The topological polar surface area (TPSA) is 95.9 Å². The van der Waals surface area contributed by atoms with Gasteiger partial charge in [0.15, 0.2) is 0 Å². The molecule has 0 fully saturated rings. The zero-order valence-electron chi connectivity index (χ0n) is 19.0. The molecule has 0 bridgehead atoms. The molecule has 0 aromatic heterocycles. The number of alkyl carbamates (subject to hydrolysis) is 1. The monoisotopic (exact) mass is 458 g/mol. The molecule has 7 heteroatoms. The number of amides is 2. The maximum absolute atomic E-state index is 13.0. The van der Waals surface area contributed by atoms with Gasteiger partial charge in [-0.3, -0.25) is 4.79 Å². The Kier molecular flexibility index (Phi) is 6.63. The van der Waals surface area contributed by atoms with Gasteiger partial charge >= 0.3 is 12.1 Å². The quantitative estimate of drug-likeness (QED) is 0.537. The van der Waals surface area contributed by atoms with E-state index in [1.165, 1.54) is 18.0 Å². The van der Waals surface area contributed by atoms with Crippen LogP contribution >= 0.6 is 0 Å². The minimum atomic E-state index is -1.13. The third kappa shape index (κ3) is 4.37. The van der Waals surface area contributed by atoms with Crippen LogP contribution < -0.4 is 10.2 Å². The first-order valence-corrected chi connectivity index (χ1v) is 11.1. The van der Waals surface area contributed by atoms with E-state index in [2.05, 4.69) is 17.4 Å². The Balaban J connectivity index is 1.44. The van der Waals surface area contributed by atoms with Gasteiger partial charge < -0.3 is 20.1 Å². The number of hydrogen-bond donors (Lipinski definition) is 2. The van der Waals surface area contributed by atoms with Crippen LogP contribution in [0, 0.1) is 0 Å². The summed E-state index contributed by atoms with van der Waals surface area (Å²) in [5, 5.41) is 12.1. The highest BCUT2D eigenvalue weighted by atomic mass is 16.5.